The first-order valence-corrected chi connectivity index (χ1v) is 7.08. The molecule has 0 atom stereocenters. The van der Waals surface area contributed by atoms with Crippen molar-refractivity contribution < 1.29 is 4.79 Å². The third-order valence-corrected chi connectivity index (χ3v) is 3.69. The van der Waals surface area contributed by atoms with Gasteiger partial charge in [-0.2, -0.15) is 0 Å². The number of carbonyl (C=O) groups excluding carboxylic acids is 1. The third kappa shape index (κ3) is 2.42. The van der Waals surface area contributed by atoms with E-state index in [1.807, 2.05) is 12.1 Å². The first-order valence-electron chi connectivity index (χ1n) is 7.08. The lowest BCUT2D eigenvalue weighted by atomic mass is 10.2. The van der Waals surface area contributed by atoms with E-state index in [0.717, 1.165) is 6.54 Å². The van der Waals surface area contributed by atoms with Crippen LogP contribution in [0.15, 0.2) is 60.7 Å². The van der Waals surface area contributed by atoms with Gasteiger partial charge in [0.1, 0.15) is 0 Å². The molecule has 1 amide bonds. The molecule has 0 aliphatic heterocycles. The van der Waals surface area contributed by atoms with E-state index < -0.39 is 0 Å². The summed E-state index contributed by atoms with van der Waals surface area (Å²) in [5, 5.41) is 5.39. The van der Waals surface area contributed by atoms with Crippen LogP contribution in [0.4, 0.5) is 0 Å². The van der Waals surface area contributed by atoms with Gasteiger partial charge in [-0.3, -0.25) is 4.79 Å². The second-order valence-electron chi connectivity index (χ2n) is 5.22. The molecule has 1 heterocycles. The minimum Gasteiger partial charge on any atom is -0.351 e. The summed E-state index contributed by atoms with van der Waals surface area (Å²) in [5.74, 6) is -0.0873. The van der Waals surface area contributed by atoms with Crippen LogP contribution in [0.3, 0.4) is 0 Å². The van der Waals surface area contributed by atoms with Crippen LogP contribution < -0.4 is 5.32 Å². The van der Waals surface area contributed by atoms with Gasteiger partial charge in [0, 0.05) is 40.5 Å². The van der Waals surface area contributed by atoms with Crippen LogP contribution in [-0.2, 0) is 11.3 Å². The predicted molar refractivity (Wildman–Crippen MR) is 87.3 cm³/mol. The molecule has 1 aromatic heterocycles. The van der Waals surface area contributed by atoms with Gasteiger partial charge >= 0.3 is 0 Å². The molecule has 0 bridgehead atoms. The summed E-state index contributed by atoms with van der Waals surface area (Å²) in [4.78, 5) is 11.6. The maximum absolute atomic E-state index is 11.6. The van der Waals surface area contributed by atoms with Crippen molar-refractivity contribution in [2.75, 3.05) is 6.54 Å². The molecule has 0 aliphatic rings. The van der Waals surface area contributed by atoms with Crippen molar-refractivity contribution >= 4 is 27.7 Å². The van der Waals surface area contributed by atoms with Crippen LogP contribution in [0.2, 0.25) is 0 Å². The van der Waals surface area contributed by atoms with E-state index in [4.69, 9.17) is 0 Å². The summed E-state index contributed by atoms with van der Waals surface area (Å²) < 4.78 is 2.25. The molecule has 1 N–H and O–H groups in total. The molecule has 0 spiro atoms. The molecule has 21 heavy (non-hydrogen) atoms. The van der Waals surface area contributed by atoms with Crippen LogP contribution in [0.1, 0.15) is 6.92 Å². The van der Waals surface area contributed by atoms with Crippen molar-refractivity contribution in [1.82, 2.24) is 9.88 Å². The Hall–Kier alpha value is -2.55. The van der Waals surface area contributed by atoms with Crippen molar-refractivity contribution in [3.05, 3.63) is 60.7 Å². The number of nitrogens with zero attached hydrogens (tertiary/aromatic N) is 1. The summed E-state index contributed by atoms with van der Waals surface area (Å²) in [6.45, 7) is 6.70. The van der Waals surface area contributed by atoms with Crippen molar-refractivity contribution in [1.29, 1.82) is 0 Å². The molecule has 0 saturated carbocycles. The highest BCUT2D eigenvalue weighted by molar-refractivity contribution is 6.07. The minimum absolute atomic E-state index is 0.0873. The van der Waals surface area contributed by atoms with Gasteiger partial charge in [-0.15, -0.1) is 0 Å². The smallest absolute Gasteiger partial charge is 0.246 e. The summed E-state index contributed by atoms with van der Waals surface area (Å²) >= 11 is 0. The van der Waals surface area contributed by atoms with Crippen molar-refractivity contribution in [3.63, 3.8) is 0 Å². The van der Waals surface area contributed by atoms with Crippen molar-refractivity contribution in [3.8, 4) is 0 Å². The van der Waals surface area contributed by atoms with Crippen molar-refractivity contribution in [2.24, 2.45) is 0 Å². The van der Waals surface area contributed by atoms with Gasteiger partial charge in [-0.05, 0) is 19.1 Å². The lowest BCUT2D eigenvalue weighted by Gasteiger charge is -2.09. The molecular formula is C18H18N2O. The number of hydrogen-bond donors (Lipinski definition) is 1. The number of aromatic nitrogens is 1. The van der Waals surface area contributed by atoms with E-state index in [9.17, 15) is 4.79 Å². The lowest BCUT2D eigenvalue weighted by Crippen LogP contribution is -2.27. The first-order chi connectivity index (χ1) is 10.2. The number of carbonyl (C=O) groups is 1. The fourth-order valence-corrected chi connectivity index (χ4v) is 2.68. The molecule has 0 saturated heterocycles. The van der Waals surface area contributed by atoms with Crippen LogP contribution in [0.5, 0.6) is 0 Å². The summed E-state index contributed by atoms with van der Waals surface area (Å²) in [7, 11) is 0. The van der Waals surface area contributed by atoms with Gasteiger partial charge in [0.05, 0.1) is 0 Å². The highest BCUT2D eigenvalue weighted by Gasteiger charge is 2.09. The fraction of sp³-hybridized carbons (Fsp3) is 0.167. The number of para-hydroxylation sites is 2. The normalized spacial score (nSPS) is 10.9. The molecule has 0 fully saturated rings. The van der Waals surface area contributed by atoms with Gasteiger partial charge in [0.15, 0.2) is 0 Å². The van der Waals surface area contributed by atoms with E-state index >= 15 is 0 Å². The lowest BCUT2D eigenvalue weighted by molar-refractivity contribution is -0.117. The van der Waals surface area contributed by atoms with Crippen LogP contribution in [-0.4, -0.2) is 17.0 Å². The second kappa shape index (κ2) is 5.44. The average molecular weight is 278 g/mol. The van der Waals surface area contributed by atoms with E-state index in [1.54, 1.807) is 6.92 Å². The Morgan fingerprint density at radius 1 is 1.05 bits per heavy atom. The molecule has 0 unspecified atom stereocenters. The molecule has 3 nitrogen and oxygen atoms in total. The largest absolute Gasteiger partial charge is 0.351 e. The van der Waals surface area contributed by atoms with Gasteiger partial charge in [0.25, 0.3) is 0 Å². The standard InChI is InChI=1S/C18H18N2O/c1-13(2)18(21)19-11-12-20-16-9-5-3-7-14(16)15-8-4-6-10-17(15)20/h3-10H,1,11-12H2,2H3,(H,19,21). The Balaban J connectivity index is 1.96. The van der Waals surface area contributed by atoms with Gasteiger partial charge in [-0.1, -0.05) is 43.0 Å². The fourth-order valence-electron chi connectivity index (χ4n) is 2.68. The Morgan fingerprint density at radius 2 is 1.57 bits per heavy atom. The molecule has 106 valence electrons. The Kier molecular flexibility index (Phi) is 3.48. The topological polar surface area (TPSA) is 34.0 Å². The number of fused-ring (bicyclic) bond motifs is 3. The van der Waals surface area contributed by atoms with Crippen LogP contribution in [0, 0.1) is 0 Å². The first kappa shape index (κ1) is 13.4. The highest BCUT2D eigenvalue weighted by atomic mass is 16.1. The SMILES string of the molecule is C=C(C)C(=O)NCCn1c2ccccc2c2ccccc21. The molecular weight excluding hydrogens is 260 g/mol. The Bertz CT molecular complexity index is 776. The zero-order chi connectivity index (χ0) is 14.8. The number of rotatable bonds is 4. The molecule has 3 aromatic rings. The van der Waals surface area contributed by atoms with E-state index in [-0.39, 0.29) is 5.91 Å². The molecule has 3 rings (SSSR count). The van der Waals surface area contributed by atoms with E-state index in [1.165, 1.54) is 21.8 Å². The molecule has 0 radical (unpaired) electrons. The van der Waals surface area contributed by atoms with E-state index in [0.29, 0.717) is 12.1 Å². The summed E-state index contributed by atoms with van der Waals surface area (Å²) in [5.41, 5.74) is 2.93. The number of hydrogen-bond acceptors (Lipinski definition) is 1. The summed E-state index contributed by atoms with van der Waals surface area (Å²) in [6, 6.07) is 16.7. The maximum atomic E-state index is 11.6. The maximum Gasteiger partial charge on any atom is 0.246 e. The Labute approximate surface area is 123 Å². The predicted octanol–water partition coefficient (Wildman–Crippen LogP) is 3.49. The second-order valence-corrected chi connectivity index (χ2v) is 5.22. The number of amides is 1. The van der Waals surface area contributed by atoms with Crippen molar-refractivity contribution in [2.45, 2.75) is 13.5 Å². The van der Waals surface area contributed by atoms with Crippen LogP contribution >= 0.6 is 0 Å². The number of nitrogens with one attached hydrogen (secondary N) is 1. The van der Waals surface area contributed by atoms with Gasteiger partial charge in [-0.25, -0.2) is 0 Å². The molecule has 0 aliphatic carbocycles. The minimum atomic E-state index is -0.0873. The zero-order valence-electron chi connectivity index (χ0n) is 12.1. The highest BCUT2D eigenvalue weighted by Crippen LogP contribution is 2.28. The van der Waals surface area contributed by atoms with Gasteiger partial charge < -0.3 is 9.88 Å². The quantitative estimate of drug-likeness (QED) is 0.728. The Morgan fingerprint density at radius 3 is 2.10 bits per heavy atom. The summed E-state index contributed by atoms with van der Waals surface area (Å²) in [6.07, 6.45) is 0. The zero-order valence-corrected chi connectivity index (χ0v) is 12.1. The van der Waals surface area contributed by atoms with E-state index in [2.05, 4.69) is 52.9 Å². The van der Waals surface area contributed by atoms with Crippen LogP contribution in [0.25, 0.3) is 21.8 Å². The number of benzene rings is 2. The molecule has 2 aromatic carbocycles. The van der Waals surface area contributed by atoms with Gasteiger partial charge in [0.2, 0.25) is 5.91 Å². The molecule has 3 heteroatoms. The average Bonchev–Trinajstić information content (AvgIpc) is 2.82. The third-order valence-electron chi connectivity index (χ3n) is 3.69. The monoisotopic (exact) mass is 278 g/mol.